The number of carbonyl (C=O) groups is 1. The van der Waals surface area contributed by atoms with Crippen molar-refractivity contribution in [3.05, 3.63) is 29.8 Å². The lowest BCUT2D eigenvalue weighted by molar-refractivity contribution is -0.144. The molecule has 0 aromatic heterocycles. The van der Waals surface area contributed by atoms with E-state index in [0.29, 0.717) is 5.75 Å². The van der Waals surface area contributed by atoms with Gasteiger partial charge in [-0.15, -0.1) is 11.8 Å². The monoisotopic (exact) mass is 224 g/mol. The maximum atomic E-state index is 11.3. The summed E-state index contributed by atoms with van der Waals surface area (Å²) in [6, 6.07) is 8.09. The summed E-state index contributed by atoms with van der Waals surface area (Å²) in [5.41, 5.74) is 1.21. The van der Waals surface area contributed by atoms with Crippen molar-refractivity contribution in [1.82, 2.24) is 0 Å². The van der Waals surface area contributed by atoms with E-state index in [-0.39, 0.29) is 12.1 Å². The molecule has 0 spiro atoms. The average Bonchev–Trinajstić information content (AvgIpc) is 2.14. The minimum absolute atomic E-state index is 0.0318. The molecule has 0 atom stereocenters. The largest absolute Gasteiger partial charge is 0.462 e. The number of benzene rings is 1. The van der Waals surface area contributed by atoms with Gasteiger partial charge in [-0.2, -0.15) is 0 Å². The molecule has 82 valence electrons. The Morgan fingerprint density at radius 3 is 2.80 bits per heavy atom. The molecule has 0 saturated heterocycles. The molecule has 0 radical (unpaired) electrons. The maximum Gasteiger partial charge on any atom is 0.316 e. The summed E-state index contributed by atoms with van der Waals surface area (Å²) in [4.78, 5) is 12.4. The van der Waals surface area contributed by atoms with E-state index in [4.69, 9.17) is 4.74 Å². The normalized spacial score (nSPS) is 10.4. The van der Waals surface area contributed by atoms with Gasteiger partial charge in [-0.25, -0.2) is 0 Å². The van der Waals surface area contributed by atoms with Crippen molar-refractivity contribution in [2.45, 2.75) is 31.8 Å². The Morgan fingerprint density at radius 2 is 2.20 bits per heavy atom. The number of esters is 1. The van der Waals surface area contributed by atoms with Crippen LogP contribution in [0.2, 0.25) is 0 Å². The third kappa shape index (κ3) is 4.88. The summed E-state index contributed by atoms with van der Waals surface area (Å²) in [6.07, 6.45) is -0.0318. The van der Waals surface area contributed by atoms with E-state index in [1.807, 2.05) is 39.0 Å². The SMILES string of the molecule is Cc1cccc(SCC(=O)OC(C)C)c1. The standard InChI is InChI=1S/C12H16O2S/c1-9(2)14-12(13)8-15-11-6-4-5-10(3)7-11/h4-7,9H,8H2,1-3H3. The summed E-state index contributed by atoms with van der Waals surface area (Å²) >= 11 is 1.51. The Bertz CT molecular complexity index is 334. The molecule has 0 saturated carbocycles. The van der Waals surface area contributed by atoms with Gasteiger partial charge in [0.05, 0.1) is 11.9 Å². The molecule has 2 nitrogen and oxygen atoms in total. The van der Waals surface area contributed by atoms with Crippen LogP contribution in [0, 0.1) is 6.92 Å². The second-order valence-corrected chi connectivity index (χ2v) is 4.69. The lowest BCUT2D eigenvalue weighted by Crippen LogP contribution is -2.13. The van der Waals surface area contributed by atoms with Crippen molar-refractivity contribution in [2.75, 3.05) is 5.75 Å². The van der Waals surface area contributed by atoms with Gasteiger partial charge in [0.1, 0.15) is 0 Å². The molecule has 0 aliphatic carbocycles. The van der Waals surface area contributed by atoms with Crippen LogP contribution in [0.1, 0.15) is 19.4 Å². The van der Waals surface area contributed by atoms with Gasteiger partial charge in [-0.1, -0.05) is 17.7 Å². The molecular formula is C12H16O2S. The van der Waals surface area contributed by atoms with E-state index in [2.05, 4.69) is 6.07 Å². The fraction of sp³-hybridized carbons (Fsp3) is 0.417. The molecule has 3 heteroatoms. The molecule has 15 heavy (non-hydrogen) atoms. The van der Waals surface area contributed by atoms with E-state index >= 15 is 0 Å². The zero-order valence-electron chi connectivity index (χ0n) is 9.32. The van der Waals surface area contributed by atoms with Crippen LogP contribution in [0.15, 0.2) is 29.2 Å². The zero-order chi connectivity index (χ0) is 11.3. The fourth-order valence-corrected chi connectivity index (χ4v) is 1.94. The summed E-state index contributed by atoms with van der Waals surface area (Å²) in [6.45, 7) is 5.75. The number of rotatable bonds is 4. The van der Waals surface area contributed by atoms with Crippen molar-refractivity contribution in [1.29, 1.82) is 0 Å². The van der Waals surface area contributed by atoms with E-state index in [9.17, 15) is 4.79 Å². The molecule has 1 rings (SSSR count). The quantitative estimate of drug-likeness (QED) is 0.581. The summed E-state index contributed by atoms with van der Waals surface area (Å²) in [5, 5.41) is 0. The third-order valence-corrected chi connectivity index (χ3v) is 2.68. The van der Waals surface area contributed by atoms with Crippen LogP contribution in [0.25, 0.3) is 0 Å². The smallest absolute Gasteiger partial charge is 0.316 e. The van der Waals surface area contributed by atoms with Crippen LogP contribution >= 0.6 is 11.8 Å². The van der Waals surface area contributed by atoms with Gasteiger partial charge in [0.2, 0.25) is 0 Å². The Kier molecular flexibility index (Phi) is 4.69. The highest BCUT2D eigenvalue weighted by atomic mass is 32.2. The van der Waals surface area contributed by atoms with Gasteiger partial charge in [0.15, 0.2) is 0 Å². The molecule has 0 bridgehead atoms. The lowest BCUT2D eigenvalue weighted by atomic mass is 10.2. The lowest BCUT2D eigenvalue weighted by Gasteiger charge is -2.07. The number of ether oxygens (including phenoxy) is 1. The van der Waals surface area contributed by atoms with Crippen LogP contribution in [-0.2, 0) is 9.53 Å². The van der Waals surface area contributed by atoms with Gasteiger partial charge in [0, 0.05) is 4.90 Å². The Hall–Kier alpha value is -0.960. The van der Waals surface area contributed by atoms with Crippen LogP contribution in [-0.4, -0.2) is 17.8 Å². The summed E-state index contributed by atoms with van der Waals surface area (Å²) < 4.78 is 5.04. The van der Waals surface area contributed by atoms with Gasteiger partial charge in [0.25, 0.3) is 0 Å². The van der Waals surface area contributed by atoms with E-state index in [1.54, 1.807) is 0 Å². The fourth-order valence-electron chi connectivity index (χ4n) is 1.14. The second-order valence-electron chi connectivity index (χ2n) is 3.64. The number of aryl methyl sites for hydroxylation is 1. The molecule has 0 heterocycles. The first kappa shape index (κ1) is 12.1. The highest BCUT2D eigenvalue weighted by Crippen LogP contribution is 2.18. The maximum absolute atomic E-state index is 11.3. The van der Waals surface area contributed by atoms with Crippen molar-refractivity contribution in [2.24, 2.45) is 0 Å². The second kappa shape index (κ2) is 5.81. The number of thioether (sulfide) groups is 1. The van der Waals surface area contributed by atoms with Gasteiger partial charge >= 0.3 is 5.97 Å². The molecule has 0 N–H and O–H groups in total. The first-order valence-electron chi connectivity index (χ1n) is 4.97. The van der Waals surface area contributed by atoms with Gasteiger partial charge in [-0.05, 0) is 32.9 Å². The third-order valence-electron chi connectivity index (χ3n) is 1.71. The van der Waals surface area contributed by atoms with Crippen LogP contribution in [0.5, 0.6) is 0 Å². The van der Waals surface area contributed by atoms with Crippen LogP contribution in [0.3, 0.4) is 0 Å². The van der Waals surface area contributed by atoms with Crippen molar-refractivity contribution in [3.8, 4) is 0 Å². The predicted octanol–water partition coefficient (Wildman–Crippen LogP) is 3.04. The van der Waals surface area contributed by atoms with Crippen LogP contribution in [0.4, 0.5) is 0 Å². The van der Waals surface area contributed by atoms with Crippen molar-refractivity contribution < 1.29 is 9.53 Å². The van der Waals surface area contributed by atoms with Gasteiger partial charge < -0.3 is 4.74 Å². The average molecular weight is 224 g/mol. The topological polar surface area (TPSA) is 26.3 Å². The Morgan fingerprint density at radius 1 is 1.47 bits per heavy atom. The van der Waals surface area contributed by atoms with Crippen molar-refractivity contribution >= 4 is 17.7 Å². The molecule has 0 unspecified atom stereocenters. The molecule has 0 amide bonds. The first-order valence-corrected chi connectivity index (χ1v) is 5.95. The highest BCUT2D eigenvalue weighted by Gasteiger charge is 2.05. The molecule has 0 fully saturated rings. The van der Waals surface area contributed by atoms with Crippen molar-refractivity contribution in [3.63, 3.8) is 0 Å². The van der Waals surface area contributed by atoms with Gasteiger partial charge in [-0.3, -0.25) is 4.79 Å². The zero-order valence-corrected chi connectivity index (χ0v) is 10.1. The minimum atomic E-state index is -0.156. The van der Waals surface area contributed by atoms with Crippen LogP contribution < -0.4 is 0 Å². The van der Waals surface area contributed by atoms with E-state index in [0.717, 1.165) is 4.90 Å². The number of hydrogen-bond donors (Lipinski definition) is 0. The molecule has 0 aliphatic heterocycles. The molecular weight excluding hydrogens is 208 g/mol. The first-order chi connectivity index (χ1) is 7.08. The van der Waals surface area contributed by atoms with E-state index in [1.165, 1.54) is 17.3 Å². The summed E-state index contributed by atoms with van der Waals surface area (Å²) in [7, 11) is 0. The number of hydrogen-bond acceptors (Lipinski definition) is 3. The summed E-state index contributed by atoms with van der Waals surface area (Å²) in [5.74, 6) is 0.221. The molecule has 1 aromatic carbocycles. The molecule has 1 aromatic rings. The van der Waals surface area contributed by atoms with E-state index < -0.39 is 0 Å². The number of carbonyl (C=O) groups excluding carboxylic acids is 1. The molecule has 0 aliphatic rings. The Balaban J connectivity index is 2.40. The minimum Gasteiger partial charge on any atom is -0.462 e. The predicted molar refractivity (Wildman–Crippen MR) is 63.1 cm³/mol. The Labute approximate surface area is 95.0 Å². The highest BCUT2D eigenvalue weighted by molar-refractivity contribution is 8.00.